The smallest absolute Gasteiger partial charge is 0.251 e. The van der Waals surface area contributed by atoms with Crippen LogP contribution >= 0.6 is 0 Å². The number of amides is 1. The largest absolute Gasteiger partial charge is 0.497 e. The van der Waals surface area contributed by atoms with E-state index in [2.05, 4.69) is 27.4 Å². The number of aromatic amines is 1. The molecule has 3 aromatic carbocycles. The van der Waals surface area contributed by atoms with Gasteiger partial charge in [-0.25, -0.2) is 4.98 Å². The van der Waals surface area contributed by atoms with Gasteiger partial charge >= 0.3 is 0 Å². The van der Waals surface area contributed by atoms with Gasteiger partial charge in [0.15, 0.2) is 12.2 Å². The molecule has 5 rings (SSSR count). The van der Waals surface area contributed by atoms with Gasteiger partial charge in [0, 0.05) is 40.7 Å². The first-order chi connectivity index (χ1) is 16.2. The number of methoxy groups -OCH3 is 1. The molecule has 0 aliphatic rings. The maximum atomic E-state index is 12.9. The highest BCUT2D eigenvalue weighted by atomic mass is 16.5. The second-order valence-corrected chi connectivity index (χ2v) is 7.77. The van der Waals surface area contributed by atoms with Gasteiger partial charge in [0.2, 0.25) is 0 Å². The zero-order chi connectivity index (χ0) is 22.6. The Morgan fingerprint density at radius 1 is 1.06 bits per heavy atom. The number of nitrogens with one attached hydrogen (secondary N) is 2. The fourth-order valence-corrected chi connectivity index (χ4v) is 4.07. The van der Waals surface area contributed by atoms with E-state index in [1.807, 2.05) is 54.7 Å². The Morgan fingerprint density at radius 2 is 1.85 bits per heavy atom. The van der Waals surface area contributed by atoms with Crippen LogP contribution in [0.1, 0.15) is 27.4 Å². The number of oxazole rings is 1. The lowest BCUT2D eigenvalue weighted by Gasteiger charge is -2.19. The fraction of sp³-hybridized carbons (Fsp3) is 0.111. The number of aromatic nitrogens is 2. The summed E-state index contributed by atoms with van der Waals surface area (Å²) in [6.45, 7) is 0.455. The molecule has 0 spiro atoms. The van der Waals surface area contributed by atoms with Crippen LogP contribution in [0, 0.1) is 0 Å². The Bertz CT molecular complexity index is 1350. The van der Waals surface area contributed by atoms with E-state index in [1.165, 1.54) is 6.39 Å². The van der Waals surface area contributed by atoms with Crippen molar-refractivity contribution in [3.63, 3.8) is 0 Å². The van der Waals surface area contributed by atoms with Crippen LogP contribution in [-0.4, -0.2) is 29.5 Å². The zero-order valence-corrected chi connectivity index (χ0v) is 18.1. The van der Waals surface area contributed by atoms with Gasteiger partial charge in [-0.05, 0) is 41.5 Å². The molecule has 6 heteroatoms. The van der Waals surface area contributed by atoms with Crippen LogP contribution in [0.25, 0.3) is 22.2 Å². The number of carbonyl (C=O) groups is 1. The number of carbonyl (C=O) groups excluding carboxylic acids is 1. The Kier molecular flexibility index (Phi) is 5.64. The molecule has 1 amide bonds. The van der Waals surface area contributed by atoms with Gasteiger partial charge in [0.25, 0.3) is 5.91 Å². The normalized spacial score (nSPS) is 11.9. The van der Waals surface area contributed by atoms with E-state index in [4.69, 9.17) is 9.15 Å². The minimum atomic E-state index is -0.127. The molecular weight excluding hydrogens is 414 g/mol. The molecule has 0 radical (unpaired) electrons. The molecule has 0 saturated heterocycles. The molecule has 0 saturated carbocycles. The summed E-state index contributed by atoms with van der Waals surface area (Å²) in [6, 6.07) is 23.5. The first kappa shape index (κ1) is 20.6. The third-order valence-electron chi connectivity index (χ3n) is 5.85. The lowest BCUT2D eigenvalue weighted by Crippen LogP contribution is -2.28. The van der Waals surface area contributed by atoms with Gasteiger partial charge in [0.05, 0.1) is 13.3 Å². The quantitative estimate of drug-likeness (QED) is 0.358. The van der Waals surface area contributed by atoms with E-state index >= 15 is 0 Å². The van der Waals surface area contributed by atoms with Gasteiger partial charge in [-0.2, -0.15) is 0 Å². The molecule has 5 aromatic rings. The molecule has 2 aromatic heterocycles. The van der Waals surface area contributed by atoms with Crippen LogP contribution in [-0.2, 0) is 0 Å². The van der Waals surface area contributed by atoms with Crippen LogP contribution in [0.3, 0.4) is 0 Å². The molecule has 1 unspecified atom stereocenters. The Balaban J connectivity index is 1.39. The number of rotatable bonds is 7. The van der Waals surface area contributed by atoms with Crippen molar-refractivity contribution < 1.29 is 13.9 Å². The summed E-state index contributed by atoms with van der Waals surface area (Å²) in [5.74, 6) is 1.31. The number of para-hydroxylation sites is 1. The summed E-state index contributed by atoms with van der Waals surface area (Å²) in [7, 11) is 1.65. The van der Waals surface area contributed by atoms with Gasteiger partial charge in [-0.1, -0.05) is 42.5 Å². The third-order valence-corrected chi connectivity index (χ3v) is 5.85. The van der Waals surface area contributed by atoms with Gasteiger partial charge in [0.1, 0.15) is 5.75 Å². The highest BCUT2D eigenvalue weighted by molar-refractivity contribution is 5.94. The molecule has 6 nitrogen and oxygen atoms in total. The van der Waals surface area contributed by atoms with Crippen molar-refractivity contribution in [3.8, 4) is 17.1 Å². The average molecular weight is 437 g/mol. The van der Waals surface area contributed by atoms with Crippen molar-refractivity contribution in [2.24, 2.45) is 0 Å². The molecule has 0 fully saturated rings. The average Bonchev–Trinajstić information content (AvgIpc) is 3.55. The summed E-state index contributed by atoms with van der Waals surface area (Å²) in [6.07, 6.45) is 5.06. The second-order valence-electron chi connectivity index (χ2n) is 7.77. The van der Waals surface area contributed by atoms with Crippen molar-refractivity contribution in [2.45, 2.75) is 5.92 Å². The van der Waals surface area contributed by atoms with E-state index < -0.39 is 0 Å². The molecule has 2 heterocycles. The van der Waals surface area contributed by atoms with Gasteiger partial charge in [-0.3, -0.25) is 4.79 Å². The summed E-state index contributed by atoms with van der Waals surface area (Å²) in [5, 5.41) is 4.26. The maximum Gasteiger partial charge on any atom is 0.251 e. The molecule has 0 aliphatic carbocycles. The minimum absolute atomic E-state index is 0.0236. The Hall–Kier alpha value is -4.32. The zero-order valence-electron chi connectivity index (χ0n) is 18.1. The monoisotopic (exact) mass is 437 g/mol. The van der Waals surface area contributed by atoms with E-state index in [-0.39, 0.29) is 11.8 Å². The lowest BCUT2D eigenvalue weighted by atomic mass is 9.90. The number of benzene rings is 3. The standard InChI is InChI=1S/C27H23N3O3/c1-32-21-12-10-18(11-13-21)23(24-15-29-25-5-3-2-4-22(24)25)14-30-27(31)20-8-6-19(7-9-20)26-16-28-17-33-26/h2-13,15-17,23,29H,14H2,1H3,(H,30,31). The molecule has 2 N–H and O–H groups in total. The van der Waals surface area contributed by atoms with Gasteiger partial charge in [-0.15, -0.1) is 0 Å². The van der Waals surface area contributed by atoms with Crippen LogP contribution < -0.4 is 10.1 Å². The maximum absolute atomic E-state index is 12.9. The van der Waals surface area contributed by atoms with Crippen molar-refractivity contribution in [1.29, 1.82) is 0 Å². The number of hydrogen-bond donors (Lipinski definition) is 2. The first-order valence-corrected chi connectivity index (χ1v) is 10.7. The molecule has 33 heavy (non-hydrogen) atoms. The van der Waals surface area contributed by atoms with Crippen molar-refractivity contribution in [1.82, 2.24) is 15.3 Å². The topological polar surface area (TPSA) is 80.2 Å². The van der Waals surface area contributed by atoms with E-state index in [0.29, 0.717) is 17.9 Å². The molecular formula is C27H23N3O3. The van der Waals surface area contributed by atoms with Crippen molar-refractivity contribution in [3.05, 3.63) is 108 Å². The summed E-state index contributed by atoms with van der Waals surface area (Å²) in [5.41, 5.74) is 4.77. The number of H-pyrrole nitrogens is 1. The molecule has 1 atom stereocenters. The lowest BCUT2D eigenvalue weighted by molar-refractivity contribution is 0.0952. The fourth-order valence-electron chi connectivity index (χ4n) is 4.07. The highest BCUT2D eigenvalue weighted by Crippen LogP contribution is 2.31. The summed E-state index contributed by atoms with van der Waals surface area (Å²) < 4.78 is 10.6. The second kappa shape index (κ2) is 9.04. The Morgan fingerprint density at radius 3 is 2.58 bits per heavy atom. The molecule has 164 valence electrons. The van der Waals surface area contributed by atoms with Crippen LogP contribution in [0.2, 0.25) is 0 Å². The van der Waals surface area contributed by atoms with E-state index in [9.17, 15) is 4.79 Å². The predicted octanol–water partition coefficient (Wildman–Crippen LogP) is 5.39. The summed E-state index contributed by atoms with van der Waals surface area (Å²) >= 11 is 0. The van der Waals surface area contributed by atoms with E-state index in [1.54, 1.807) is 25.4 Å². The SMILES string of the molecule is COc1ccc(C(CNC(=O)c2ccc(-c3cnco3)cc2)c2c[nH]c3ccccc23)cc1. The number of nitrogens with zero attached hydrogens (tertiary/aromatic N) is 1. The highest BCUT2D eigenvalue weighted by Gasteiger charge is 2.20. The Labute approximate surface area is 191 Å². The van der Waals surface area contributed by atoms with Crippen LogP contribution in [0.5, 0.6) is 5.75 Å². The third kappa shape index (κ3) is 4.23. The molecule has 0 bridgehead atoms. The van der Waals surface area contributed by atoms with Crippen LogP contribution in [0.4, 0.5) is 0 Å². The van der Waals surface area contributed by atoms with Crippen molar-refractivity contribution >= 4 is 16.8 Å². The predicted molar refractivity (Wildman–Crippen MR) is 127 cm³/mol. The van der Waals surface area contributed by atoms with Gasteiger partial charge < -0.3 is 19.5 Å². The minimum Gasteiger partial charge on any atom is -0.497 e. The number of fused-ring (bicyclic) bond motifs is 1. The van der Waals surface area contributed by atoms with Crippen molar-refractivity contribution in [2.75, 3.05) is 13.7 Å². The number of ether oxygens (including phenoxy) is 1. The molecule has 0 aliphatic heterocycles. The first-order valence-electron chi connectivity index (χ1n) is 10.7. The van der Waals surface area contributed by atoms with Crippen LogP contribution in [0.15, 0.2) is 96.0 Å². The van der Waals surface area contributed by atoms with E-state index in [0.717, 1.165) is 33.3 Å². The summed E-state index contributed by atoms with van der Waals surface area (Å²) in [4.78, 5) is 20.2. The number of hydrogen-bond acceptors (Lipinski definition) is 4.